The number of nitrogens with zero attached hydrogens (tertiary/aromatic N) is 1. The summed E-state index contributed by atoms with van der Waals surface area (Å²) in [5, 5.41) is 0.866. The standard InChI is InChI=1S/C22H21ClN2O3/c1-24(2)11-6-12-25-19(14-7-4-3-5-8-14)18-20(26)16-13-15(23)9-10-17(16)28-21(18)22(25)27/h3-5,7-10,13,19H,6,11-12H2,1-2H3/p+1/t19-/m0/s1. The van der Waals surface area contributed by atoms with E-state index in [1.807, 2.05) is 30.3 Å². The van der Waals surface area contributed by atoms with Crippen LogP contribution in [-0.2, 0) is 0 Å². The zero-order valence-corrected chi connectivity index (χ0v) is 16.6. The highest BCUT2D eigenvalue weighted by atomic mass is 35.5. The zero-order valence-electron chi connectivity index (χ0n) is 15.9. The van der Waals surface area contributed by atoms with Gasteiger partial charge in [0.1, 0.15) is 5.58 Å². The second-order valence-electron chi connectivity index (χ2n) is 7.44. The van der Waals surface area contributed by atoms with E-state index in [2.05, 4.69) is 14.1 Å². The van der Waals surface area contributed by atoms with Crippen LogP contribution in [0.2, 0.25) is 5.02 Å². The van der Waals surface area contributed by atoms with Crippen molar-refractivity contribution in [2.24, 2.45) is 0 Å². The fraction of sp³-hybridized carbons (Fsp3) is 0.273. The summed E-state index contributed by atoms with van der Waals surface area (Å²) in [6.45, 7) is 1.49. The molecule has 1 aliphatic rings. The molecule has 0 radical (unpaired) electrons. The number of hydrogen-bond donors (Lipinski definition) is 1. The summed E-state index contributed by atoms with van der Waals surface area (Å²) in [5.74, 6) is -0.0857. The number of amides is 1. The molecule has 0 bridgehead atoms. The molecule has 1 aliphatic heterocycles. The SMILES string of the molecule is C[NH+](C)CCCN1C(=O)c2oc3ccc(Cl)cc3c(=O)c2[C@@H]1c1ccccc1. The summed E-state index contributed by atoms with van der Waals surface area (Å²) in [5.41, 5.74) is 1.50. The van der Waals surface area contributed by atoms with E-state index >= 15 is 0 Å². The van der Waals surface area contributed by atoms with Crippen LogP contribution in [-0.4, -0.2) is 38.0 Å². The Morgan fingerprint density at radius 1 is 1.11 bits per heavy atom. The largest absolute Gasteiger partial charge is 0.450 e. The molecule has 0 saturated heterocycles. The Morgan fingerprint density at radius 3 is 2.57 bits per heavy atom. The highest BCUT2D eigenvalue weighted by Crippen LogP contribution is 2.38. The second kappa shape index (κ2) is 7.41. The average molecular weight is 398 g/mol. The van der Waals surface area contributed by atoms with Crippen molar-refractivity contribution in [1.29, 1.82) is 0 Å². The van der Waals surface area contributed by atoms with Crippen molar-refractivity contribution < 1.29 is 14.1 Å². The van der Waals surface area contributed by atoms with Crippen LogP contribution in [0.3, 0.4) is 0 Å². The van der Waals surface area contributed by atoms with Crippen molar-refractivity contribution in [2.45, 2.75) is 12.5 Å². The molecule has 1 N–H and O–H groups in total. The number of rotatable bonds is 5. The number of carbonyl (C=O) groups is 1. The van der Waals surface area contributed by atoms with Gasteiger partial charge in [-0.15, -0.1) is 0 Å². The van der Waals surface area contributed by atoms with E-state index in [4.69, 9.17) is 16.0 Å². The normalized spacial score (nSPS) is 16.2. The number of nitrogens with one attached hydrogen (secondary N) is 1. The predicted molar refractivity (Wildman–Crippen MR) is 109 cm³/mol. The Kier molecular flexibility index (Phi) is 4.96. The van der Waals surface area contributed by atoms with Crippen LogP contribution in [0.5, 0.6) is 0 Å². The Morgan fingerprint density at radius 2 is 1.86 bits per heavy atom. The van der Waals surface area contributed by atoms with E-state index in [0.717, 1.165) is 18.5 Å². The van der Waals surface area contributed by atoms with Crippen molar-refractivity contribution in [3.05, 3.63) is 80.7 Å². The molecule has 0 aliphatic carbocycles. The third-order valence-corrected chi connectivity index (χ3v) is 5.35. The van der Waals surface area contributed by atoms with Crippen molar-refractivity contribution in [2.75, 3.05) is 27.2 Å². The van der Waals surface area contributed by atoms with Gasteiger partial charge >= 0.3 is 0 Å². The van der Waals surface area contributed by atoms with Gasteiger partial charge in [-0.3, -0.25) is 9.59 Å². The number of benzene rings is 2. The van der Waals surface area contributed by atoms with Crippen LogP contribution >= 0.6 is 11.6 Å². The molecule has 0 fully saturated rings. The first-order chi connectivity index (χ1) is 13.5. The molecular formula is C22H22ClN2O3+. The smallest absolute Gasteiger partial charge is 0.290 e. The number of carbonyl (C=O) groups excluding carboxylic acids is 1. The molecule has 144 valence electrons. The minimum Gasteiger partial charge on any atom is -0.450 e. The Labute approximate surface area is 168 Å². The lowest BCUT2D eigenvalue weighted by Gasteiger charge is -2.25. The van der Waals surface area contributed by atoms with E-state index in [0.29, 0.717) is 28.1 Å². The maximum absolute atomic E-state index is 13.3. The van der Waals surface area contributed by atoms with Gasteiger partial charge in [0, 0.05) is 18.0 Å². The molecule has 1 atom stereocenters. The molecule has 28 heavy (non-hydrogen) atoms. The van der Waals surface area contributed by atoms with Crippen LogP contribution < -0.4 is 10.3 Å². The van der Waals surface area contributed by atoms with Gasteiger partial charge in [-0.25, -0.2) is 0 Å². The van der Waals surface area contributed by atoms with Gasteiger partial charge in [-0.2, -0.15) is 0 Å². The molecule has 0 saturated carbocycles. The molecule has 0 spiro atoms. The molecule has 4 rings (SSSR count). The highest BCUT2D eigenvalue weighted by molar-refractivity contribution is 6.31. The van der Waals surface area contributed by atoms with E-state index < -0.39 is 6.04 Å². The van der Waals surface area contributed by atoms with Crippen LogP contribution in [0.25, 0.3) is 11.0 Å². The van der Waals surface area contributed by atoms with Crippen molar-refractivity contribution >= 4 is 28.5 Å². The minimum atomic E-state index is -0.444. The molecule has 2 aromatic carbocycles. The number of quaternary nitrogens is 1. The summed E-state index contributed by atoms with van der Waals surface area (Å²) >= 11 is 6.09. The maximum atomic E-state index is 13.3. The second-order valence-corrected chi connectivity index (χ2v) is 7.87. The van der Waals surface area contributed by atoms with Gasteiger partial charge in [0.05, 0.1) is 37.6 Å². The first kappa shape index (κ1) is 18.7. The summed E-state index contributed by atoms with van der Waals surface area (Å²) in [4.78, 5) is 29.6. The third kappa shape index (κ3) is 3.21. The summed E-state index contributed by atoms with van der Waals surface area (Å²) < 4.78 is 5.91. The van der Waals surface area contributed by atoms with Crippen molar-refractivity contribution in [1.82, 2.24) is 4.90 Å². The van der Waals surface area contributed by atoms with Crippen LogP contribution in [0.4, 0.5) is 0 Å². The van der Waals surface area contributed by atoms with Crippen LogP contribution in [0, 0.1) is 0 Å². The van der Waals surface area contributed by atoms with Gasteiger partial charge in [-0.1, -0.05) is 41.9 Å². The number of fused-ring (bicyclic) bond motifs is 2. The number of halogens is 1. The van der Waals surface area contributed by atoms with Crippen LogP contribution in [0.15, 0.2) is 57.7 Å². The Balaban J connectivity index is 1.88. The zero-order chi connectivity index (χ0) is 19.8. The molecule has 3 aromatic rings. The van der Waals surface area contributed by atoms with E-state index in [1.54, 1.807) is 23.1 Å². The quantitative estimate of drug-likeness (QED) is 0.719. The van der Waals surface area contributed by atoms with E-state index in [9.17, 15) is 9.59 Å². The molecule has 0 unspecified atom stereocenters. The van der Waals surface area contributed by atoms with Crippen LogP contribution in [0.1, 0.15) is 34.1 Å². The molecule has 5 nitrogen and oxygen atoms in total. The summed E-state index contributed by atoms with van der Waals surface area (Å²) in [6.07, 6.45) is 0.838. The van der Waals surface area contributed by atoms with Crippen molar-refractivity contribution in [3.8, 4) is 0 Å². The Bertz CT molecular complexity index is 1090. The lowest BCUT2D eigenvalue weighted by Crippen LogP contribution is -3.05. The lowest BCUT2D eigenvalue weighted by atomic mass is 9.98. The lowest BCUT2D eigenvalue weighted by molar-refractivity contribution is -0.858. The maximum Gasteiger partial charge on any atom is 0.290 e. The topological polar surface area (TPSA) is 55.0 Å². The first-order valence-corrected chi connectivity index (χ1v) is 9.76. The molecular weight excluding hydrogens is 376 g/mol. The Hall–Kier alpha value is -2.63. The predicted octanol–water partition coefficient (Wildman–Crippen LogP) is 2.53. The van der Waals surface area contributed by atoms with Crippen molar-refractivity contribution in [3.63, 3.8) is 0 Å². The monoisotopic (exact) mass is 397 g/mol. The minimum absolute atomic E-state index is 0.144. The molecule has 2 heterocycles. The molecule has 1 amide bonds. The summed E-state index contributed by atoms with van der Waals surface area (Å²) in [6, 6.07) is 14.1. The van der Waals surface area contributed by atoms with Gasteiger partial charge in [0.2, 0.25) is 5.76 Å². The number of hydrogen-bond acceptors (Lipinski definition) is 3. The third-order valence-electron chi connectivity index (χ3n) is 5.12. The highest BCUT2D eigenvalue weighted by Gasteiger charge is 2.42. The van der Waals surface area contributed by atoms with Gasteiger partial charge in [0.15, 0.2) is 5.43 Å². The van der Waals surface area contributed by atoms with E-state index in [1.165, 1.54) is 4.90 Å². The summed E-state index contributed by atoms with van der Waals surface area (Å²) in [7, 11) is 4.16. The molecule has 6 heteroatoms. The molecule has 1 aromatic heterocycles. The van der Waals surface area contributed by atoms with E-state index in [-0.39, 0.29) is 17.1 Å². The fourth-order valence-corrected chi connectivity index (χ4v) is 3.98. The van der Waals surface area contributed by atoms with Gasteiger partial charge in [-0.05, 0) is 23.8 Å². The van der Waals surface area contributed by atoms with Gasteiger partial charge in [0.25, 0.3) is 5.91 Å². The fourth-order valence-electron chi connectivity index (χ4n) is 3.81. The average Bonchev–Trinajstić information content (AvgIpc) is 2.95. The first-order valence-electron chi connectivity index (χ1n) is 9.38. The van der Waals surface area contributed by atoms with Gasteiger partial charge < -0.3 is 14.2 Å².